The maximum absolute atomic E-state index is 6.79. The number of hydrogen-bond donors (Lipinski definition) is 0. The van der Waals surface area contributed by atoms with Gasteiger partial charge in [0.05, 0.1) is 0 Å². The molecule has 1 aliphatic heterocycles. The van der Waals surface area contributed by atoms with Crippen LogP contribution in [0, 0.1) is 27.7 Å². The molecule has 0 spiro atoms. The van der Waals surface area contributed by atoms with Crippen molar-refractivity contribution >= 4 is 23.2 Å². The molecule has 1 nitrogen and oxygen atoms in total. The minimum absolute atomic E-state index is 0.0398. The van der Waals surface area contributed by atoms with Crippen LogP contribution in [-0.4, -0.2) is 11.8 Å². The summed E-state index contributed by atoms with van der Waals surface area (Å²) in [7, 11) is -2.10. The Morgan fingerprint density at radius 2 is 1.05 bits per heavy atom. The zero-order chi connectivity index (χ0) is 28.9. The van der Waals surface area contributed by atoms with Crippen molar-refractivity contribution in [2.45, 2.75) is 91.6 Å². The molecule has 0 N–H and O–H groups in total. The van der Waals surface area contributed by atoms with E-state index in [1.165, 1.54) is 87.7 Å². The Morgan fingerprint density at radius 3 is 1.59 bits per heavy atom. The molecule has 0 aliphatic carbocycles. The van der Waals surface area contributed by atoms with Gasteiger partial charge in [0.1, 0.15) is 0 Å². The van der Waals surface area contributed by atoms with E-state index < -0.39 is 7.26 Å². The van der Waals surface area contributed by atoms with E-state index in [9.17, 15) is 0 Å². The van der Waals surface area contributed by atoms with Crippen molar-refractivity contribution < 1.29 is 4.74 Å². The van der Waals surface area contributed by atoms with E-state index in [2.05, 4.69) is 126 Å². The molecule has 4 aromatic rings. The summed E-state index contributed by atoms with van der Waals surface area (Å²) >= 11 is 0. The first-order valence-electron chi connectivity index (χ1n) is 15.8. The van der Waals surface area contributed by atoms with Crippen molar-refractivity contribution in [3.8, 4) is 5.75 Å². The molecule has 1 aliphatic rings. The van der Waals surface area contributed by atoms with Crippen LogP contribution in [0.15, 0.2) is 91.0 Å². The topological polar surface area (TPSA) is 9.23 Å². The molecule has 216 valence electrons. The van der Waals surface area contributed by atoms with E-state index in [1.54, 1.807) is 0 Å². The maximum atomic E-state index is 6.79. The van der Waals surface area contributed by atoms with Crippen molar-refractivity contribution in [2.24, 2.45) is 0 Å². The summed E-state index contributed by atoms with van der Waals surface area (Å²) in [6, 6.07) is 34.0. The molecule has 41 heavy (non-hydrogen) atoms. The molecular formula is C39H49OP. The van der Waals surface area contributed by atoms with Gasteiger partial charge in [0.15, 0.2) is 0 Å². The van der Waals surface area contributed by atoms with Crippen molar-refractivity contribution in [1.29, 1.82) is 0 Å². The normalized spacial score (nSPS) is 17.1. The zero-order valence-corrected chi connectivity index (χ0v) is 26.9. The first kappa shape index (κ1) is 29.6. The summed E-state index contributed by atoms with van der Waals surface area (Å²) in [5.74, 6) is 1.18. The van der Waals surface area contributed by atoms with Gasteiger partial charge in [-0.05, 0) is 26.3 Å². The van der Waals surface area contributed by atoms with Gasteiger partial charge in [-0.3, -0.25) is 0 Å². The summed E-state index contributed by atoms with van der Waals surface area (Å²) < 4.78 is 6.79. The van der Waals surface area contributed by atoms with Crippen molar-refractivity contribution in [1.82, 2.24) is 0 Å². The van der Waals surface area contributed by atoms with Gasteiger partial charge in [0.25, 0.3) is 0 Å². The number of benzene rings is 4. The Bertz CT molecular complexity index is 1330. The predicted octanol–water partition coefficient (Wildman–Crippen LogP) is 9.07. The number of unbranched alkanes of at least 4 members (excludes halogenated alkanes) is 4. The quantitative estimate of drug-likeness (QED) is 0.130. The second-order valence-corrected chi connectivity index (χ2v) is 16.7. The number of fused-ring (bicyclic) bond motifs is 1. The van der Waals surface area contributed by atoms with Crippen molar-refractivity contribution in [2.75, 3.05) is 6.16 Å². The Hall–Kier alpha value is -2.89. The molecule has 0 amide bonds. The van der Waals surface area contributed by atoms with Crippen LogP contribution in [-0.2, 0) is 6.42 Å². The summed E-state index contributed by atoms with van der Waals surface area (Å²) in [6.45, 7) is 11.4. The molecule has 1 atom stereocenters. The van der Waals surface area contributed by atoms with Gasteiger partial charge in [-0.25, -0.2) is 0 Å². The molecule has 0 bridgehead atoms. The average molecular weight is 565 g/mol. The van der Waals surface area contributed by atoms with Crippen LogP contribution in [0.25, 0.3) is 0 Å². The third kappa shape index (κ3) is 6.17. The summed E-state index contributed by atoms with van der Waals surface area (Å²) in [4.78, 5) is 0. The SMILES string of the molecule is Cc1c(C)c(C)c2c(c1C)CCC(C)(CCCCCCC[PH](c1ccccc1)(c1ccccc1)c1ccccc1)O2. The van der Waals surface area contributed by atoms with Crippen LogP contribution in [0.5, 0.6) is 5.75 Å². The molecule has 0 aromatic heterocycles. The molecule has 1 unspecified atom stereocenters. The van der Waals surface area contributed by atoms with Crippen LogP contribution in [0.1, 0.15) is 79.7 Å². The molecule has 0 fully saturated rings. The van der Waals surface area contributed by atoms with Gasteiger partial charge in [-0.1, -0.05) is 0 Å². The standard InChI is InChI=1S/C39H49OP/c1-30-31(2)33(4)38-37(32(30)3)26-28-39(5,40-38)27-18-7-6-8-19-29-41(34-20-12-9-13-21-34,35-22-14-10-15-23-35)36-24-16-11-17-25-36/h9-17,20-25,41H,6-8,18-19,26-29H2,1-5H3. The van der Waals surface area contributed by atoms with Gasteiger partial charge < -0.3 is 0 Å². The summed E-state index contributed by atoms with van der Waals surface area (Å²) in [5, 5.41) is 4.57. The number of hydrogen-bond acceptors (Lipinski definition) is 1. The third-order valence-corrected chi connectivity index (χ3v) is 15.1. The third-order valence-electron chi connectivity index (χ3n) is 10.1. The van der Waals surface area contributed by atoms with Crippen LogP contribution in [0.2, 0.25) is 0 Å². The van der Waals surface area contributed by atoms with Gasteiger partial charge in [-0.2, -0.15) is 0 Å². The molecule has 0 saturated heterocycles. The van der Waals surface area contributed by atoms with E-state index in [-0.39, 0.29) is 5.60 Å². The average Bonchev–Trinajstić information content (AvgIpc) is 3.02. The zero-order valence-electron chi connectivity index (χ0n) is 25.9. The molecule has 5 rings (SSSR count). The van der Waals surface area contributed by atoms with Gasteiger partial charge in [-0.15, -0.1) is 0 Å². The Morgan fingerprint density at radius 1 is 0.585 bits per heavy atom. The Kier molecular flexibility index (Phi) is 9.35. The van der Waals surface area contributed by atoms with E-state index in [1.807, 2.05) is 0 Å². The van der Waals surface area contributed by atoms with E-state index >= 15 is 0 Å². The predicted molar refractivity (Wildman–Crippen MR) is 182 cm³/mol. The van der Waals surface area contributed by atoms with Crippen LogP contribution >= 0.6 is 7.26 Å². The monoisotopic (exact) mass is 564 g/mol. The molecule has 2 heteroatoms. The van der Waals surface area contributed by atoms with E-state index in [0.717, 1.165) is 19.3 Å². The molecule has 1 heterocycles. The van der Waals surface area contributed by atoms with Gasteiger partial charge >= 0.3 is 224 Å². The minimum atomic E-state index is -2.10. The fraction of sp³-hybridized carbons (Fsp3) is 0.385. The van der Waals surface area contributed by atoms with Crippen LogP contribution in [0.4, 0.5) is 0 Å². The second-order valence-electron chi connectivity index (χ2n) is 12.6. The first-order valence-corrected chi connectivity index (χ1v) is 18.0. The fourth-order valence-electron chi connectivity index (χ4n) is 7.18. The van der Waals surface area contributed by atoms with Crippen LogP contribution < -0.4 is 20.7 Å². The van der Waals surface area contributed by atoms with Gasteiger partial charge in [0, 0.05) is 0 Å². The molecular weight excluding hydrogens is 515 g/mol. The number of ether oxygens (including phenoxy) is 1. The summed E-state index contributed by atoms with van der Waals surface area (Å²) in [6.07, 6.45) is 11.1. The van der Waals surface area contributed by atoms with Gasteiger partial charge in [0.2, 0.25) is 0 Å². The number of rotatable bonds is 11. The molecule has 4 aromatic carbocycles. The second kappa shape index (κ2) is 13.0. The van der Waals surface area contributed by atoms with Crippen molar-refractivity contribution in [3.63, 3.8) is 0 Å². The molecule has 0 radical (unpaired) electrons. The van der Waals surface area contributed by atoms with E-state index in [4.69, 9.17) is 4.74 Å². The Balaban J connectivity index is 1.21. The summed E-state index contributed by atoms with van der Waals surface area (Å²) in [5.41, 5.74) is 7.02. The molecule has 0 saturated carbocycles. The van der Waals surface area contributed by atoms with Crippen LogP contribution in [0.3, 0.4) is 0 Å². The van der Waals surface area contributed by atoms with E-state index in [0.29, 0.717) is 0 Å². The van der Waals surface area contributed by atoms with Crippen molar-refractivity contribution in [3.05, 3.63) is 119 Å². The Labute approximate surface area is 249 Å². The first-order chi connectivity index (χ1) is 19.9. The fourth-order valence-corrected chi connectivity index (χ4v) is 12.1.